The van der Waals surface area contributed by atoms with Gasteiger partial charge in [0.1, 0.15) is 0 Å². The van der Waals surface area contributed by atoms with Crippen LogP contribution in [0.1, 0.15) is 55.3 Å². The van der Waals surface area contributed by atoms with Gasteiger partial charge in [0.05, 0.1) is 0 Å². The molecule has 1 fully saturated rings. The predicted octanol–water partition coefficient (Wildman–Crippen LogP) is 4.54. The van der Waals surface area contributed by atoms with Crippen LogP contribution in [0.25, 0.3) is 0 Å². The highest BCUT2D eigenvalue weighted by atomic mass is 79.9. The highest BCUT2D eigenvalue weighted by Gasteiger charge is 2.12. The van der Waals surface area contributed by atoms with Crippen molar-refractivity contribution >= 4 is 21.8 Å². The van der Waals surface area contributed by atoms with Crippen molar-refractivity contribution < 1.29 is 4.79 Å². The lowest BCUT2D eigenvalue weighted by Gasteiger charge is -2.14. The monoisotopic (exact) mass is 323 g/mol. The molecule has 1 amide bonds. The average molecular weight is 324 g/mol. The lowest BCUT2D eigenvalue weighted by Crippen LogP contribution is -2.25. The molecule has 0 aliphatic heterocycles. The molecule has 104 valence electrons. The zero-order valence-corrected chi connectivity index (χ0v) is 12.9. The molecule has 1 saturated carbocycles. The number of amides is 1. The molecule has 0 unspecified atom stereocenters. The quantitative estimate of drug-likeness (QED) is 0.810. The van der Waals surface area contributed by atoms with E-state index < -0.39 is 0 Å². The number of hydrogen-bond donors (Lipinski definition) is 1. The summed E-state index contributed by atoms with van der Waals surface area (Å²) in [5, 5.41) is 3.03. The third kappa shape index (κ3) is 4.98. The second-order valence-electron chi connectivity index (χ2n) is 5.41. The van der Waals surface area contributed by atoms with Gasteiger partial charge in [-0.1, -0.05) is 54.5 Å². The summed E-state index contributed by atoms with van der Waals surface area (Å²) in [6.45, 7) is 0.805. The van der Waals surface area contributed by atoms with Gasteiger partial charge in [-0.05, 0) is 36.6 Å². The number of carbonyl (C=O) groups excluding carboxylic acids is 1. The van der Waals surface area contributed by atoms with Gasteiger partial charge in [-0.3, -0.25) is 4.79 Å². The molecule has 0 spiro atoms. The smallest absolute Gasteiger partial charge is 0.251 e. The summed E-state index contributed by atoms with van der Waals surface area (Å²) >= 11 is 3.37. The van der Waals surface area contributed by atoms with E-state index in [1.54, 1.807) is 0 Å². The van der Waals surface area contributed by atoms with E-state index in [0.29, 0.717) is 0 Å². The first-order valence-electron chi connectivity index (χ1n) is 7.29. The minimum atomic E-state index is 0.0427. The maximum atomic E-state index is 11.9. The molecule has 1 N–H and O–H groups in total. The minimum absolute atomic E-state index is 0.0427. The molecule has 1 aromatic rings. The van der Waals surface area contributed by atoms with Gasteiger partial charge in [-0.15, -0.1) is 0 Å². The number of nitrogens with one attached hydrogen (secondary N) is 1. The molecular formula is C16H22BrNO. The lowest BCUT2D eigenvalue weighted by atomic mass is 9.97. The van der Waals surface area contributed by atoms with Gasteiger partial charge in [-0.25, -0.2) is 0 Å². The Bertz CT molecular complexity index is 394. The van der Waals surface area contributed by atoms with Gasteiger partial charge < -0.3 is 5.32 Å². The molecule has 0 bridgehead atoms. The molecule has 2 rings (SSSR count). The minimum Gasteiger partial charge on any atom is -0.352 e. The van der Waals surface area contributed by atoms with E-state index in [2.05, 4.69) is 21.2 Å². The summed E-state index contributed by atoms with van der Waals surface area (Å²) in [7, 11) is 0. The maximum absolute atomic E-state index is 11.9. The summed E-state index contributed by atoms with van der Waals surface area (Å²) in [5.74, 6) is 0.855. The highest BCUT2D eigenvalue weighted by molar-refractivity contribution is 9.10. The summed E-state index contributed by atoms with van der Waals surface area (Å²) in [4.78, 5) is 11.9. The molecule has 3 heteroatoms. The Labute approximate surface area is 124 Å². The van der Waals surface area contributed by atoms with Gasteiger partial charge in [0, 0.05) is 16.6 Å². The molecule has 1 aromatic carbocycles. The number of rotatable bonds is 4. The lowest BCUT2D eigenvalue weighted by molar-refractivity contribution is 0.0951. The first-order chi connectivity index (χ1) is 9.25. The summed E-state index contributed by atoms with van der Waals surface area (Å²) in [5.41, 5.74) is 0.740. The van der Waals surface area contributed by atoms with Crippen molar-refractivity contribution in [2.45, 2.75) is 44.9 Å². The SMILES string of the molecule is O=C(NCCC1CCCCCC1)c1ccc(Br)cc1. The molecule has 0 saturated heterocycles. The molecule has 19 heavy (non-hydrogen) atoms. The van der Waals surface area contributed by atoms with E-state index in [0.717, 1.165) is 28.9 Å². The summed E-state index contributed by atoms with van der Waals surface area (Å²) in [6, 6.07) is 7.51. The Morgan fingerprint density at radius 1 is 1.11 bits per heavy atom. The molecule has 0 heterocycles. The van der Waals surface area contributed by atoms with Gasteiger partial charge in [0.15, 0.2) is 0 Å². The fraction of sp³-hybridized carbons (Fsp3) is 0.562. The normalized spacial score (nSPS) is 16.9. The second kappa shape index (κ2) is 7.68. The van der Waals surface area contributed by atoms with Crippen LogP contribution in [0, 0.1) is 5.92 Å². The number of halogens is 1. The summed E-state index contributed by atoms with van der Waals surface area (Å²) < 4.78 is 1.00. The summed E-state index contributed by atoms with van der Waals surface area (Å²) in [6.07, 6.45) is 9.32. The van der Waals surface area contributed by atoms with E-state index in [1.165, 1.54) is 38.5 Å². The van der Waals surface area contributed by atoms with Crippen molar-refractivity contribution in [2.24, 2.45) is 5.92 Å². The third-order valence-electron chi connectivity index (χ3n) is 3.92. The van der Waals surface area contributed by atoms with Gasteiger partial charge in [0.25, 0.3) is 5.91 Å². The molecule has 1 aliphatic carbocycles. The topological polar surface area (TPSA) is 29.1 Å². The second-order valence-corrected chi connectivity index (χ2v) is 6.32. The first kappa shape index (κ1) is 14.6. The van der Waals surface area contributed by atoms with E-state index in [-0.39, 0.29) is 5.91 Å². The number of benzene rings is 1. The van der Waals surface area contributed by atoms with E-state index >= 15 is 0 Å². The van der Waals surface area contributed by atoms with Crippen molar-refractivity contribution in [1.82, 2.24) is 5.32 Å². The van der Waals surface area contributed by atoms with Crippen molar-refractivity contribution in [2.75, 3.05) is 6.54 Å². The standard InChI is InChI=1S/C16H22BrNO/c17-15-9-7-14(8-10-15)16(19)18-12-11-13-5-3-1-2-4-6-13/h7-10,13H,1-6,11-12H2,(H,18,19). The van der Waals surface area contributed by atoms with Gasteiger partial charge >= 0.3 is 0 Å². The molecule has 2 nitrogen and oxygen atoms in total. The molecular weight excluding hydrogens is 302 g/mol. The Morgan fingerprint density at radius 3 is 2.37 bits per heavy atom. The maximum Gasteiger partial charge on any atom is 0.251 e. The van der Waals surface area contributed by atoms with Crippen LogP contribution in [0.4, 0.5) is 0 Å². The molecule has 0 aromatic heterocycles. The van der Waals surface area contributed by atoms with Crippen LogP contribution < -0.4 is 5.32 Å². The zero-order valence-electron chi connectivity index (χ0n) is 11.3. The van der Waals surface area contributed by atoms with Crippen LogP contribution in [-0.2, 0) is 0 Å². The highest BCUT2D eigenvalue weighted by Crippen LogP contribution is 2.24. The van der Waals surface area contributed by atoms with Gasteiger partial charge in [-0.2, -0.15) is 0 Å². The fourth-order valence-electron chi connectivity index (χ4n) is 2.75. The molecule has 1 aliphatic rings. The number of hydrogen-bond acceptors (Lipinski definition) is 1. The van der Waals surface area contributed by atoms with Crippen molar-refractivity contribution in [1.29, 1.82) is 0 Å². The van der Waals surface area contributed by atoms with Gasteiger partial charge in [0.2, 0.25) is 0 Å². The first-order valence-corrected chi connectivity index (χ1v) is 8.09. The fourth-order valence-corrected chi connectivity index (χ4v) is 3.01. The largest absolute Gasteiger partial charge is 0.352 e. The zero-order chi connectivity index (χ0) is 13.5. The Balaban J connectivity index is 1.72. The van der Waals surface area contributed by atoms with Crippen molar-refractivity contribution in [3.8, 4) is 0 Å². The van der Waals surface area contributed by atoms with E-state index in [9.17, 15) is 4.79 Å². The number of carbonyl (C=O) groups is 1. The average Bonchev–Trinajstić information content (AvgIpc) is 2.68. The Hall–Kier alpha value is -0.830. The van der Waals surface area contributed by atoms with E-state index in [1.807, 2.05) is 24.3 Å². The van der Waals surface area contributed by atoms with Crippen LogP contribution >= 0.6 is 15.9 Å². The van der Waals surface area contributed by atoms with Crippen molar-refractivity contribution in [3.63, 3.8) is 0 Å². The Morgan fingerprint density at radius 2 is 1.74 bits per heavy atom. The van der Waals surface area contributed by atoms with Crippen LogP contribution in [0.5, 0.6) is 0 Å². The predicted molar refractivity (Wildman–Crippen MR) is 82.3 cm³/mol. The Kier molecular flexibility index (Phi) is 5.90. The molecule has 0 atom stereocenters. The molecule has 0 radical (unpaired) electrons. The third-order valence-corrected chi connectivity index (χ3v) is 4.45. The van der Waals surface area contributed by atoms with Crippen LogP contribution in [0.15, 0.2) is 28.7 Å². The van der Waals surface area contributed by atoms with Crippen LogP contribution in [0.2, 0.25) is 0 Å². The van der Waals surface area contributed by atoms with Crippen LogP contribution in [-0.4, -0.2) is 12.5 Å². The van der Waals surface area contributed by atoms with E-state index in [4.69, 9.17) is 0 Å². The van der Waals surface area contributed by atoms with Crippen LogP contribution in [0.3, 0.4) is 0 Å². The van der Waals surface area contributed by atoms with Crippen molar-refractivity contribution in [3.05, 3.63) is 34.3 Å².